The quantitative estimate of drug-likeness (QED) is 0.877. The van der Waals surface area contributed by atoms with Gasteiger partial charge in [-0.25, -0.2) is 0 Å². The molecule has 1 N–H and O–H groups in total. The lowest BCUT2D eigenvalue weighted by molar-refractivity contribution is 0.0237. The van der Waals surface area contributed by atoms with E-state index in [4.69, 9.17) is 21.1 Å². The summed E-state index contributed by atoms with van der Waals surface area (Å²) in [6.45, 7) is 2.14. The number of rotatable bonds is 5. The van der Waals surface area contributed by atoms with E-state index in [-0.39, 0.29) is 5.41 Å². The van der Waals surface area contributed by atoms with E-state index < -0.39 is 6.10 Å². The van der Waals surface area contributed by atoms with Crippen LogP contribution in [0.2, 0.25) is 5.02 Å². The third kappa shape index (κ3) is 2.61. The monoisotopic (exact) mass is 298 g/mol. The van der Waals surface area contributed by atoms with Gasteiger partial charge >= 0.3 is 0 Å². The Kier molecular flexibility index (Phi) is 4.82. The highest BCUT2D eigenvalue weighted by Crippen LogP contribution is 2.52. The van der Waals surface area contributed by atoms with E-state index in [0.29, 0.717) is 16.5 Å². The summed E-state index contributed by atoms with van der Waals surface area (Å²) in [7, 11) is 3.17. The van der Waals surface area contributed by atoms with E-state index in [1.807, 2.05) is 6.07 Å². The maximum Gasteiger partial charge on any atom is 0.162 e. The second kappa shape index (κ2) is 6.23. The molecule has 1 fully saturated rings. The highest BCUT2D eigenvalue weighted by molar-refractivity contribution is 6.31. The van der Waals surface area contributed by atoms with Gasteiger partial charge in [-0.05, 0) is 25.3 Å². The Hall–Kier alpha value is -0.930. The first-order valence-electron chi connectivity index (χ1n) is 7.17. The third-order valence-corrected chi connectivity index (χ3v) is 5.01. The van der Waals surface area contributed by atoms with Crippen LogP contribution in [0.5, 0.6) is 11.5 Å². The minimum Gasteiger partial charge on any atom is -0.493 e. The molecule has 1 aliphatic carbocycles. The molecule has 0 amide bonds. The first-order chi connectivity index (χ1) is 9.57. The number of benzene rings is 1. The van der Waals surface area contributed by atoms with Crippen LogP contribution in [0.1, 0.15) is 50.7 Å². The molecule has 0 saturated heterocycles. The van der Waals surface area contributed by atoms with E-state index in [9.17, 15) is 5.11 Å². The molecule has 1 aromatic rings. The number of hydrogen-bond donors (Lipinski definition) is 1. The zero-order chi connectivity index (χ0) is 14.8. The van der Waals surface area contributed by atoms with Gasteiger partial charge in [0.05, 0.1) is 25.3 Å². The number of hydrogen-bond acceptors (Lipinski definition) is 3. The standard InChI is InChI=1S/C16H23ClO3/c1-4-16(7-5-6-8-16)15(18)11-9-13(19-2)14(20-3)10-12(11)17/h9-10,15,18H,4-8H2,1-3H3. The topological polar surface area (TPSA) is 38.7 Å². The molecule has 1 atom stereocenters. The second-order valence-corrected chi connectivity index (χ2v) is 5.96. The van der Waals surface area contributed by atoms with Crippen molar-refractivity contribution in [1.82, 2.24) is 0 Å². The fourth-order valence-corrected chi connectivity index (χ4v) is 3.57. The Morgan fingerprint density at radius 1 is 1.20 bits per heavy atom. The van der Waals surface area contributed by atoms with Crippen molar-refractivity contribution in [2.24, 2.45) is 5.41 Å². The van der Waals surface area contributed by atoms with Crippen molar-refractivity contribution in [3.63, 3.8) is 0 Å². The Bertz CT molecular complexity index is 467. The molecule has 3 nitrogen and oxygen atoms in total. The lowest BCUT2D eigenvalue weighted by Gasteiger charge is -2.34. The van der Waals surface area contributed by atoms with Gasteiger partial charge in [0.1, 0.15) is 0 Å². The highest BCUT2D eigenvalue weighted by Gasteiger charge is 2.40. The van der Waals surface area contributed by atoms with E-state index in [1.54, 1.807) is 20.3 Å². The molecule has 4 heteroatoms. The van der Waals surface area contributed by atoms with Crippen LogP contribution in [-0.2, 0) is 0 Å². The van der Waals surface area contributed by atoms with Crippen molar-refractivity contribution >= 4 is 11.6 Å². The number of halogens is 1. The summed E-state index contributed by atoms with van der Waals surface area (Å²) in [4.78, 5) is 0. The maximum absolute atomic E-state index is 10.9. The van der Waals surface area contributed by atoms with Gasteiger partial charge in [0.2, 0.25) is 0 Å². The minimum absolute atomic E-state index is 0.0523. The molecular weight excluding hydrogens is 276 g/mol. The molecule has 0 aromatic heterocycles. The number of ether oxygens (including phenoxy) is 2. The molecule has 112 valence electrons. The molecule has 1 saturated carbocycles. The van der Waals surface area contributed by atoms with E-state index in [0.717, 1.165) is 24.8 Å². The smallest absolute Gasteiger partial charge is 0.162 e. The zero-order valence-electron chi connectivity index (χ0n) is 12.4. The number of aliphatic hydroxyl groups is 1. The fraction of sp³-hybridized carbons (Fsp3) is 0.625. The van der Waals surface area contributed by atoms with Crippen molar-refractivity contribution in [1.29, 1.82) is 0 Å². The van der Waals surface area contributed by atoms with Gasteiger partial charge in [-0.1, -0.05) is 31.4 Å². The Balaban J connectivity index is 2.41. The first-order valence-corrected chi connectivity index (χ1v) is 7.55. The molecule has 1 unspecified atom stereocenters. The molecule has 1 aromatic carbocycles. The van der Waals surface area contributed by atoms with Gasteiger partial charge in [0, 0.05) is 17.0 Å². The van der Waals surface area contributed by atoms with Crippen LogP contribution in [0, 0.1) is 5.41 Å². The van der Waals surface area contributed by atoms with Gasteiger partial charge in [-0.15, -0.1) is 0 Å². The van der Waals surface area contributed by atoms with E-state index in [2.05, 4.69) is 6.92 Å². The van der Waals surface area contributed by atoms with Crippen LogP contribution < -0.4 is 9.47 Å². The van der Waals surface area contributed by atoms with Crippen molar-refractivity contribution in [3.05, 3.63) is 22.7 Å². The summed E-state index contributed by atoms with van der Waals surface area (Å²) in [5.41, 5.74) is 0.691. The molecule has 0 aliphatic heterocycles. The van der Waals surface area contributed by atoms with Crippen LogP contribution in [0.3, 0.4) is 0 Å². The summed E-state index contributed by atoms with van der Waals surface area (Å²) in [5, 5.41) is 11.4. The molecule has 0 bridgehead atoms. The molecule has 0 heterocycles. The molecule has 1 aliphatic rings. The number of aliphatic hydroxyl groups excluding tert-OH is 1. The van der Waals surface area contributed by atoms with Gasteiger partial charge in [0.25, 0.3) is 0 Å². The van der Waals surface area contributed by atoms with Gasteiger partial charge in [-0.2, -0.15) is 0 Å². The van der Waals surface area contributed by atoms with Crippen molar-refractivity contribution < 1.29 is 14.6 Å². The summed E-state index contributed by atoms with van der Waals surface area (Å²) < 4.78 is 10.6. The third-order valence-electron chi connectivity index (χ3n) is 4.68. The van der Waals surface area contributed by atoms with E-state index in [1.165, 1.54) is 12.8 Å². The lowest BCUT2D eigenvalue weighted by atomic mass is 9.75. The lowest BCUT2D eigenvalue weighted by Crippen LogP contribution is -2.25. The van der Waals surface area contributed by atoms with Crippen molar-refractivity contribution in [3.8, 4) is 11.5 Å². The Morgan fingerprint density at radius 3 is 2.25 bits per heavy atom. The molecule has 0 radical (unpaired) electrons. The molecular formula is C16H23ClO3. The normalized spacial score (nSPS) is 18.9. The van der Waals surface area contributed by atoms with Crippen LogP contribution >= 0.6 is 11.6 Å². The fourth-order valence-electron chi connectivity index (χ4n) is 3.31. The summed E-state index contributed by atoms with van der Waals surface area (Å²) in [5.74, 6) is 1.20. The first kappa shape index (κ1) is 15.5. The molecule has 20 heavy (non-hydrogen) atoms. The SMILES string of the molecule is CCC1(C(O)c2cc(OC)c(OC)cc2Cl)CCCC1. The average Bonchev–Trinajstić information content (AvgIpc) is 2.96. The van der Waals surface area contributed by atoms with Crippen molar-refractivity contribution in [2.75, 3.05) is 14.2 Å². The average molecular weight is 299 g/mol. The van der Waals surface area contributed by atoms with Crippen molar-refractivity contribution in [2.45, 2.75) is 45.1 Å². The van der Waals surface area contributed by atoms with Gasteiger partial charge in [-0.3, -0.25) is 0 Å². The van der Waals surface area contributed by atoms with Gasteiger partial charge in [0.15, 0.2) is 11.5 Å². The predicted molar refractivity (Wildman–Crippen MR) is 80.7 cm³/mol. The maximum atomic E-state index is 10.9. The van der Waals surface area contributed by atoms with Crippen LogP contribution in [0.4, 0.5) is 0 Å². The Labute approximate surface area is 125 Å². The zero-order valence-corrected chi connectivity index (χ0v) is 13.2. The molecule has 0 spiro atoms. The van der Waals surface area contributed by atoms with Crippen LogP contribution in [0.15, 0.2) is 12.1 Å². The minimum atomic E-state index is -0.553. The van der Waals surface area contributed by atoms with Gasteiger partial charge < -0.3 is 14.6 Å². The second-order valence-electron chi connectivity index (χ2n) is 5.55. The van der Waals surface area contributed by atoms with E-state index >= 15 is 0 Å². The largest absolute Gasteiger partial charge is 0.493 e. The summed E-state index contributed by atoms with van der Waals surface area (Å²) in [6.07, 6.45) is 4.86. The van der Waals surface area contributed by atoms with Crippen LogP contribution in [0.25, 0.3) is 0 Å². The Morgan fingerprint density at radius 2 is 1.75 bits per heavy atom. The molecule has 2 rings (SSSR count). The summed E-state index contributed by atoms with van der Waals surface area (Å²) in [6, 6.07) is 3.53. The van der Waals surface area contributed by atoms with Crippen LogP contribution in [-0.4, -0.2) is 19.3 Å². The number of methoxy groups -OCH3 is 2. The predicted octanol–water partition coefficient (Wildman–Crippen LogP) is 4.36. The summed E-state index contributed by atoms with van der Waals surface area (Å²) >= 11 is 6.33. The highest BCUT2D eigenvalue weighted by atomic mass is 35.5.